The number of carbonyl (C=O) groups excluding carboxylic acids is 1. The molecule has 35 heavy (non-hydrogen) atoms. The Hall–Kier alpha value is -3.57. The van der Waals surface area contributed by atoms with Crippen LogP contribution in [-0.2, 0) is 34.7 Å². The minimum atomic E-state index is -3.75. The van der Waals surface area contributed by atoms with Crippen molar-refractivity contribution in [1.82, 2.24) is 9.55 Å². The molecule has 180 valence electrons. The number of aliphatic hydroxyl groups is 1. The summed E-state index contributed by atoms with van der Waals surface area (Å²) in [6.07, 6.45) is -2.64. The Labute approximate surface area is 196 Å². The van der Waals surface area contributed by atoms with E-state index in [1.54, 1.807) is 17.6 Å². The molecule has 0 saturated heterocycles. The van der Waals surface area contributed by atoms with Crippen molar-refractivity contribution >= 4 is 16.9 Å². The van der Waals surface area contributed by atoms with E-state index in [1.165, 1.54) is 6.07 Å². The molecule has 1 aliphatic carbocycles. The fourth-order valence-electron chi connectivity index (χ4n) is 5.92. The Morgan fingerprint density at radius 1 is 1.23 bits per heavy atom. The second-order valence-electron chi connectivity index (χ2n) is 9.44. The maximum Gasteiger partial charge on any atom is 0.586 e. The molecule has 2 atom stereocenters. The zero-order valence-electron chi connectivity index (χ0n) is 18.6. The summed E-state index contributed by atoms with van der Waals surface area (Å²) in [7, 11) is 0. The summed E-state index contributed by atoms with van der Waals surface area (Å²) in [5.41, 5.74) is 6.04. The molecule has 3 aromatic rings. The number of pyridine rings is 2. The third-order valence-corrected chi connectivity index (χ3v) is 7.64. The average Bonchev–Trinajstić information content (AvgIpc) is 3.34. The third-order valence-electron chi connectivity index (χ3n) is 7.64. The Morgan fingerprint density at radius 3 is 2.80 bits per heavy atom. The smallest absolute Gasteiger partial charge is 0.458 e. The van der Waals surface area contributed by atoms with Crippen LogP contribution < -0.4 is 20.8 Å². The van der Waals surface area contributed by atoms with Gasteiger partial charge in [-0.1, -0.05) is 6.92 Å². The Kier molecular flexibility index (Phi) is 3.77. The quantitative estimate of drug-likeness (QED) is 0.393. The van der Waals surface area contributed by atoms with Crippen LogP contribution >= 0.6 is 0 Å². The molecule has 0 amide bonds. The van der Waals surface area contributed by atoms with E-state index < -0.39 is 17.9 Å². The van der Waals surface area contributed by atoms with Crippen molar-refractivity contribution in [2.75, 3.05) is 0 Å². The molecule has 7 rings (SSSR count). The molecular formula is C24H20F2N3O6+. The van der Waals surface area contributed by atoms with Crippen molar-refractivity contribution in [3.63, 3.8) is 0 Å². The van der Waals surface area contributed by atoms with Crippen LogP contribution in [-0.4, -0.2) is 26.9 Å². The van der Waals surface area contributed by atoms with E-state index in [4.69, 9.17) is 19.2 Å². The number of rotatable bonds is 1. The summed E-state index contributed by atoms with van der Waals surface area (Å²) >= 11 is 0. The van der Waals surface area contributed by atoms with Crippen molar-refractivity contribution in [3.8, 4) is 22.9 Å². The van der Waals surface area contributed by atoms with Gasteiger partial charge in [0.25, 0.3) is 5.56 Å². The van der Waals surface area contributed by atoms with Crippen LogP contribution in [0.5, 0.6) is 11.5 Å². The number of hydrogen-bond donors (Lipinski definition) is 2. The van der Waals surface area contributed by atoms with E-state index >= 15 is 0 Å². The number of ether oxygens (including phenoxy) is 3. The van der Waals surface area contributed by atoms with Gasteiger partial charge in [0.2, 0.25) is 0 Å². The lowest BCUT2D eigenvalue weighted by atomic mass is 9.83. The van der Waals surface area contributed by atoms with Gasteiger partial charge in [-0.2, -0.15) is 0 Å². The van der Waals surface area contributed by atoms with Crippen molar-refractivity contribution in [2.24, 2.45) is 0 Å². The van der Waals surface area contributed by atoms with Crippen LogP contribution in [0.1, 0.15) is 53.6 Å². The fourth-order valence-corrected chi connectivity index (χ4v) is 5.92. The maximum absolute atomic E-state index is 13.9. The molecule has 0 spiro atoms. The van der Waals surface area contributed by atoms with Crippen molar-refractivity contribution < 1.29 is 38.6 Å². The van der Waals surface area contributed by atoms with Crippen LogP contribution in [0.15, 0.2) is 16.9 Å². The van der Waals surface area contributed by atoms with E-state index in [2.05, 4.69) is 5.73 Å². The molecule has 0 unspecified atom stereocenters. The maximum atomic E-state index is 13.9. The molecule has 5 heterocycles. The number of alkyl halides is 2. The summed E-state index contributed by atoms with van der Waals surface area (Å²) in [5.74, 6) is -0.862. The van der Waals surface area contributed by atoms with Gasteiger partial charge in [-0.25, -0.2) is 9.78 Å². The number of cyclic esters (lactones) is 1. The number of esters is 1. The lowest BCUT2D eigenvalue weighted by Gasteiger charge is -2.31. The van der Waals surface area contributed by atoms with Gasteiger partial charge in [0.15, 0.2) is 17.1 Å². The monoisotopic (exact) mass is 484 g/mol. The Morgan fingerprint density at radius 2 is 2.03 bits per heavy atom. The molecule has 9 nitrogen and oxygen atoms in total. The second-order valence-corrected chi connectivity index (χ2v) is 9.44. The number of quaternary nitrogens is 1. The van der Waals surface area contributed by atoms with E-state index in [9.17, 15) is 23.5 Å². The molecule has 0 saturated carbocycles. The highest BCUT2D eigenvalue weighted by Gasteiger charge is 2.48. The molecule has 3 aliphatic heterocycles. The van der Waals surface area contributed by atoms with Gasteiger partial charge >= 0.3 is 12.3 Å². The predicted octanol–water partition coefficient (Wildman–Crippen LogP) is 1.63. The van der Waals surface area contributed by atoms with Gasteiger partial charge in [0, 0.05) is 40.1 Å². The second kappa shape index (κ2) is 6.35. The van der Waals surface area contributed by atoms with Crippen LogP contribution in [0.2, 0.25) is 0 Å². The molecule has 0 radical (unpaired) electrons. The topological polar surface area (TPSA) is 128 Å². The van der Waals surface area contributed by atoms with Gasteiger partial charge < -0.3 is 29.6 Å². The molecule has 0 fully saturated rings. The summed E-state index contributed by atoms with van der Waals surface area (Å²) < 4.78 is 44.0. The molecule has 0 bridgehead atoms. The molecule has 4 N–H and O–H groups in total. The minimum Gasteiger partial charge on any atom is -0.458 e. The third kappa shape index (κ3) is 2.49. The number of aromatic nitrogens is 2. The van der Waals surface area contributed by atoms with E-state index in [0.717, 1.165) is 11.1 Å². The molecular weight excluding hydrogens is 464 g/mol. The van der Waals surface area contributed by atoms with Crippen molar-refractivity contribution in [3.05, 3.63) is 50.3 Å². The summed E-state index contributed by atoms with van der Waals surface area (Å²) in [4.78, 5) is 30.6. The lowest BCUT2D eigenvalue weighted by molar-refractivity contribution is -0.428. The van der Waals surface area contributed by atoms with Crippen molar-refractivity contribution in [2.45, 2.75) is 57.3 Å². The first-order valence-corrected chi connectivity index (χ1v) is 11.4. The summed E-state index contributed by atoms with van der Waals surface area (Å²) in [6, 6.07) is 2.90. The fraction of sp³-hybridized carbons (Fsp3) is 0.375. The predicted molar refractivity (Wildman–Crippen MR) is 115 cm³/mol. The number of benzene rings is 1. The number of hydrogen-bond acceptors (Lipinski definition) is 7. The molecule has 11 heteroatoms. The van der Waals surface area contributed by atoms with E-state index in [-0.39, 0.29) is 53.8 Å². The van der Waals surface area contributed by atoms with Crippen LogP contribution in [0, 0.1) is 0 Å². The Balaban J connectivity index is 1.53. The van der Waals surface area contributed by atoms with Crippen LogP contribution in [0.3, 0.4) is 0 Å². The van der Waals surface area contributed by atoms with E-state index in [0.29, 0.717) is 40.7 Å². The van der Waals surface area contributed by atoms with Crippen molar-refractivity contribution in [1.29, 1.82) is 0 Å². The van der Waals surface area contributed by atoms with Gasteiger partial charge in [0.05, 0.1) is 29.0 Å². The van der Waals surface area contributed by atoms with Crippen LogP contribution in [0.4, 0.5) is 8.78 Å². The number of aryl methyl sites for hydroxylation is 1. The average molecular weight is 484 g/mol. The highest BCUT2D eigenvalue weighted by Crippen LogP contribution is 2.52. The zero-order valence-corrected chi connectivity index (χ0v) is 18.6. The first-order valence-electron chi connectivity index (χ1n) is 11.4. The first-order chi connectivity index (χ1) is 16.6. The molecule has 2 aromatic heterocycles. The largest absolute Gasteiger partial charge is 0.586 e. The minimum absolute atomic E-state index is 0.0178. The van der Waals surface area contributed by atoms with Gasteiger partial charge in [0.1, 0.15) is 12.6 Å². The highest BCUT2D eigenvalue weighted by molar-refractivity contribution is 5.95. The zero-order chi connectivity index (χ0) is 24.4. The van der Waals surface area contributed by atoms with E-state index in [1.807, 2.05) is 0 Å². The SMILES string of the molecule is CC[C@@]1(O)C(=O)OCc2c1cc1n(c2=O)Cc2c-1nc1cc3c(c4c1c2[C@@H]([NH3+])CC4)OC(F)(F)O3. The lowest BCUT2D eigenvalue weighted by Crippen LogP contribution is -2.54. The number of carbonyl (C=O) groups is 1. The summed E-state index contributed by atoms with van der Waals surface area (Å²) in [6.45, 7) is 1.63. The Bertz CT molecular complexity index is 1580. The number of nitrogens with zero attached hydrogens (tertiary/aromatic N) is 2. The molecule has 4 aliphatic rings. The van der Waals surface area contributed by atoms with Gasteiger partial charge in [-0.05, 0) is 18.9 Å². The normalized spacial score (nSPS) is 24.7. The first kappa shape index (κ1) is 20.8. The highest BCUT2D eigenvalue weighted by atomic mass is 19.3. The van der Waals surface area contributed by atoms with Gasteiger partial charge in [-0.15, -0.1) is 8.78 Å². The number of halogens is 2. The molecule has 1 aromatic carbocycles. The standard InChI is InChI=1S/C24H19F2N3O6/c1-2-23(32)12-5-15-19-10(7-29(15)21(30)11(12)8-33-22(23)31)17-13(27)4-3-9-18(17)14(28-19)6-16-20(9)35-24(25,26)34-16/h5-6,13,32H,2-4,7-8,27H2,1H3/p+1/t13-,23-/m0/s1. The van der Waals surface area contributed by atoms with Gasteiger partial charge in [-0.3, -0.25) is 4.79 Å². The van der Waals surface area contributed by atoms with Crippen LogP contribution in [0.25, 0.3) is 22.3 Å². The summed E-state index contributed by atoms with van der Waals surface area (Å²) in [5, 5.41) is 11.8. The number of fused-ring (bicyclic) bond motifs is 7.